The first kappa shape index (κ1) is 9.65. The first-order valence-electron chi connectivity index (χ1n) is 5.10. The molecule has 2 aromatic heterocycles. The molecule has 0 atom stereocenters. The summed E-state index contributed by atoms with van der Waals surface area (Å²) in [5.74, 6) is 0. The number of fused-ring (bicyclic) bond motifs is 1. The smallest absolute Gasteiger partial charge is 0.267 e. The number of nitrogens with one attached hydrogen (secondary N) is 1. The highest BCUT2D eigenvalue weighted by Gasteiger charge is 2.08. The number of nitrogens with zero attached hydrogens (tertiary/aromatic N) is 3. The Balaban J connectivity index is 2.39. The van der Waals surface area contributed by atoms with Crippen LogP contribution in [0, 0.1) is 0 Å². The number of hydrogen-bond acceptors (Lipinski definition) is 4. The summed E-state index contributed by atoms with van der Waals surface area (Å²) >= 11 is 0. The van der Waals surface area contributed by atoms with Gasteiger partial charge in [-0.1, -0.05) is 30.3 Å². The van der Waals surface area contributed by atoms with E-state index in [-0.39, 0.29) is 5.56 Å². The van der Waals surface area contributed by atoms with Crippen molar-refractivity contribution in [2.24, 2.45) is 0 Å². The van der Waals surface area contributed by atoms with Crippen molar-refractivity contribution in [1.29, 1.82) is 0 Å². The van der Waals surface area contributed by atoms with Crippen molar-refractivity contribution in [3.63, 3.8) is 0 Å². The number of rotatable bonds is 1. The molecular weight excluding hydrogens is 216 g/mol. The predicted molar refractivity (Wildman–Crippen MR) is 63.4 cm³/mol. The Labute approximate surface area is 96.2 Å². The van der Waals surface area contributed by atoms with Crippen molar-refractivity contribution in [3.05, 3.63) is 53.2 Å². The quantitative estimate of drug-likeness (QED) is 0.677. The van der Waals surface area contributed by atoms with Crippen LogP contribution in [0.1, 0.15) is 0 Å². The molecule has 0 amide bonds. The first-order valence-corrected chi connectivity index (χ1v) is 5.10. The Hall–Kier alpha value is -2.56. The van der Waals surface area contributed by atoms with E-state index in [2.05, 4.69) is 20.2 Å². The molecule has 2 heterocycles. The molecule has 5 nitrogen and oxygen atoms in total. The number of aromatic nitrogens is 4. The molecule has 3 rings (SSSR count). The van der Waals surface area contributed by atoms with Crippen LogP contribution in [0.4, 0.5) is 0 Å². The lowest BCUT2D eigenvalue weighted by Gasteiger charge is -2.02. The lowest BCUT2D eigenvalue weighted by atomic mass is 10.1. The molecule has 1 aromatic carbocycles. The molecule has 0 fully saturated rings. The third-order valence-corrected chi connectivity index (χ3v) is 2.50. The summed E-state index contributed by atoms with van der Waals surface area (Å²) in [7, 11) is 0. The zero-order chi connectivity index (χ0) is 11.7. The summed E-state index contributed by atoms with van der Waals surface area (Å²) in [4.78, 5) is 19.5. The van der Waals surface area contributed by atoms with Crippen LogP contribution in [0.5, 0.6) is 0 Å². The minimum Gasteiger partial charge on any atom is -0.267 e. The van der Waals surface area contributed by atoms with E-state index in [1.807, 2.05) is 30.3 Å². The Kier molecular flexibility index (Phi) is 2.15. The van der Waals surface area contributed by atoms with Gasteiger partial charge in [-0.25, -0.2) is 15.1 Å². The topological polar surface area (TPSA) is 71.5 Å². The fourth-order valence-electron chi connectivity index (χ4n) is 1.70. The summed E-state index contributed by atoms with van der Waals surface area (Å²) in [6, 6.07) is 9.58. The molecule has 17 heavy (non-hydrogen) atoms. The van der Waals surface area contributed by atoms with Crippen LogP contribution < -0.4 is 5.56 Å². The zero-order valence-electron chi connectivity index (χ0n) is 8.79. The molecule has 0 aliphatic heterocycles. The van der Waals surface area contributed by atoms with E-state index in [9.17, 15) is 4.79 Å². The van der Waals surface area contributed by atoms with Crippen LogP contribution in [-0.4, -0.2) is 20.2 Å². The van der Waals surface area contributed by atoms with Crippen LogP contribution in [0.3, 0.4) is 0 Å². The van der Waals surface area contributed by atoms with Gasteiger partial charge in [0.15, 0.2) is 0 Å². The second kappa shape index (κ2) is 3.79. The van der Waals surface area contributed by atoms with E-state index in [1.165, 1.54) is 12.5 Å². The second-order valence-corrected chi connectivity index (χ2v) is 3.55. The minimum absolute atomic E-state index is 0.278. The molecular formula is C12H8N4O. The molecule has 82 valence electrons. The maximum absolute atomic E-state index is 11.6. The van der Waals surface area contributed by atoms with E-state index < -0.39 is 0 Å². The molecule has 0 radical (unpaired) electrons. The van der Waals surface area contributed by atoms with Gasteiger partial charge in [0.1, 0.15) is 17.5 Å². The highest BCUT2D eigenvalue weighted by Crippen LogP contribution is 2.20. The molecule has 0 saturated heterocycles. The van der Waals surface area contributed by atoms with Crippen molar-refractivity contribution < 1.29 is 0 Å². The Morgan fingerprint density at radius 1 is 1.12 bits per heavy atom. The minimum atomic E-state index is -0.278. The van der Waals surface area contributed by atoms with Crippen LogP contribution in [0.2, 0.25) is 0 Å². The van der Waals surface area contributed by atoms with Gasteiger partial charge in [-0.3, -0.25) is 4.79 Å². The van der Waals surface area contributed by atoms with Crippen molar-refractivity contribution in [1.82, 2.24) is 20.2 Å². The van der Waals surface area contributed by atoms with Gasteiger partial charge in [-0.05, 0) is 0 Å². The van der Waals surface area contributed by atoms with Crippen molar-refractivity contribution in [2.45, 2.75) is 0 Å². The van der Waals surface area contributed by atoms with Gasteiger partial charge >= 0.3 is 0 Å². The van der Waals surface area contributed by atoms with Gasteiger partial charge in [0, 0.05) is 11.8 Å². The van der Waals surface area contributed by atoms with Gasteiger partial charge in [-0.15, -0.1) is 0 Å². The summed E-state index contributed by atoms with van der Waals surface area (Å²) in [6.07, 6.45) is 2.91. The summed E-state index contributed by atoms with van der Waals surface area (Å²) in [5.41, 5.74) is 1.85. The van der Waals surface area contributed by atoms with E-state index in [0.717, 1.165) is 5.56 Å². The Morgan fingerprint density at radius 3 is 2.76 bits per heavy atom. The average Bonchev–Trinajstić information content (AvgIpc) is 2.41. The van der Waals surface area contributed by atoms with E-state index in [0.29, 0.717) is 16.6 Å². The molecule has 0 saturated carbocycles. The standard InChI is InChI=1S/C12H8N4O/c17-12-9-6-13-7-14-11(9)10(15-16-12)8-4-2-1-3-5-8/h1-7H,(H,16,17). The van der Waals surface area contributed by atoms with Crippen molar-refractivity contribution >= 4 is 10.9 Å². The maximum atomic E-state index is 11.6. The number of aromatic amines is 1. The predicted octanol–water partition coefficient (Wildman–Crippen LogP) is 1.38. The largest absolute Gasteiger partial charge is 0.275 e. The Morgan fingerprint density at radius 2 is 1.94 bits per heavy atom. The second-order valence-electron chi connectivity index (χ2n) is 3.55. The highest BCUT2D eigenvalue weighted by atomic mass is 16.1. The van der Waals surface area contributed by atoms with Gasteiger partial charge in [0.2, 0.25) is 0 Å². The molecule has 0 aliphatic carbocycles. The summed E-state index contributed by atoms with van der Waals surface area (Å²) in [6.45, 7) is 0. The van der Waals surface area contributed by atoms with Crippen LogP contribution >= 0.6 is 0 Å². The molecule has 5 heteroatoms. The van der Waals surface area contributed by atoms with E-state index in [1.54, 1.807) is 0 Å². The van der Waals surface area contributed by atoms with Gasteiger partial charge in [0.05, 0.1) is 5.39 Å². The monoisotopic (exact) mass is 224 g/mol. The lowest BCUT2D eigenvalue weighted by molar-refractivity contribution is 1.01. The van der Waals surface area contributed by atoms with Crippen LogP contribution in [0.15, 0.2) is 47.7 Å². The SMILES string of the molecule is O=c1[nH]nc(-c2ccccc2)c2ncncc12. The third-order valence-electron chi connectivity index (χ3n) is 2.50. The fraction of sp³-hybridized carbons (Fsp3) is 0. The number of hydrogen-bond donors (Lipinski definition) is 1. The maximum Gasteiger partial charge on any atom is 0.275 e. The summed E-state index contributed by atoms with van der Waals surface area (Å²) in [5, 5.41) is 6.95. The molecule has 0 unspecified atom stereocenters. The van der Waals surface area contributed by atoms with Gasteiger partial charge < -0.3 is 0 Å². The number of H-pyrrole nitrogens is 1. The Bertz CT molecular complexity index is 721. The molecule has 0 spiro atoms. The molecule has 0 aliphatic rings. The van der Waals surface area contributed by atoms with E-state index >= 15 is 0 Å². The average molecular weight is 224 g/mol. The fourth-order valence-corrected chi connectivity index (χ4v) is 1.70. The highest BCUT2D eigenvalue weighted by molar-refractivity contribution is 5.89. The summed E-state index contributed by atoms with van der Waals surface area (Å²) < 4.78 is 0. The first-order chi connectivity index (χ1) is 8.36. The lowest BCUT2D eigenvalue weighted by Crippen LogP contribution is -2.10. The molecule has 0 bridgehead atoms. The van der Waals surface area contributed by atoms with Crippen LogP contribution in [0.25, 0.3) is 22.2 Å². The number of benzene rings is 1. The molecule has 3 aromatic rings. The van der Waals surface area contributed by atoms with Crippen molar-refractivity contribution in [2.75, 3.05) is 0 Å². The third kappa shape index (κ3) is 1.57. The van der Waals surface area contributed by atoms with Crippen LogP contribution in [-0.2, 0) is 0 Å². The molecule has 1 N–H and O–H groups in total. The van der Waals surface area contributed by atoms with E-state index in [4.69, 9.17) is 0 Å². The van der Waals surface area contributed by atoms with Crippen molar-refractivity contribution in [3.8, 4) is 11.3 Å². The van der Waals surface area contributed by atoms with Gasteiger partial charge in [0.25, 0.3) is 5.56 Å². The zero-order valence-corrected chi connectivity index (χ0v) is 8.79. The normalized spacial score (nSPS) is 10.6. The van der Waals surface area contributed by atoms with Gasteiger partial charge in [-0.2, -0.15) is 5.10 Å².